The van der Waals surface area contributed by atoms with E-state index in [2.05, 4.69) is 16.7 Å². The van der Waals surface area contributed by atoms with Gasteiger partial charge in [-0.25, -0.2) is 13.9 Å². The maximum atomic E-state index is 13.9. The molecule has 0 saturated carbocycles. The number of aromatic nitrogens is 3. The number of ether oxygens (including phenoxy) is 1. The smallest absolute Gasteiger partial charge is 0.175 e. The van der Waals surface area contributed by atoms with Crippen LogP contribution in [0, 0.1) is 0 Å². The maximum Gasteiger partial charge on any atom is 0.175 e. The summed E-state index contributed by atoms with van der Waals surface area (Å²) in [4.78, 5) is 3.84. The zero-order chi connectivity index (χ0) is 12.9. The van der Waals surface area contributed by atoms with Gasteiger partial charge in [-0.05, 0) is 12.1 Å². The molecular weight excluding hydrogens is 239 g/mol. The highest BCUT2D eigenvalue weighted by atomic mass is 19.1. The van der Waals surface area contributed by atoms with Gasteiger partial charge < -0.3 is 15.6 Å². The Hall–Kier alpha value is -2.15. The number of halogens is 1. The van der Waals surface area contributed by atoms with Crippen molar-refractivity contribution in [3.63, 3.8) is 0 Å². The third kappa shape index (κ3) is 1.37. The minimum absolute atomic E-state index is 0.0180. The van der Waals surface area contributed by atoms with Crippen molar-refractivity contribution in [3.05, 3.63) is 36.5 Å². The molecule has 6 nitrogen and oxygen atoms in total. The molecule has 0 aromatic carbocycles. The van der Waals surface area contributed by atoms with Crippen molar-refractivity contribution in [1.29, 1.82) is 0 Å². The monoisotopic (exact) mass is 250 g/mol. The Morgan fingerprint density at radius 1 is 1.50 bits per heavy atom. The van der Waals surface area contributed by atoms with Crippen molar-refractivity contribution >= 4 is 11.3 Å². The van der Waals surface area contributed by atoms with Gasteiger partial charge in [-0.2, -0.15) is 5.10 Å². The van der Waals surface area contributed by atoms with Crippen LogP contribution in [0.1, 0.15) is 11.8 Å². The second kappa shape index (κ2) is 3.67. The summed E-state index contributed by atoms with van der Waals surface area (Å²) in [7, 11) is 0. The molecule has 0 bridgehead atoms. The number of fused-ring (bicyclic) bond motifs is 1. The number of aliphatic hydroxyl groups is 1. The number of nitrogens with two attached hydrogens (primary N) is 1. The molecule has 3 N–H and O–H groups in total. The number of nitrogen functional groups attached to an aromatic ring is 1. The Morgan fingerprint density at radius 2 is 2.28 bits per heavy atom. The zero-order valence-corrected chi connectivity index (χ0v) is 9.32. The number of hydrogen-bond donors (Lipinski definition) is 2. The fourth-order valence-corrected chi connectivity index (χ4v) is 2.05. The number of alkyl halides is 1. The van der Waals surface area contributed by atoms with Crippen LogP contribution in [0.4, 0.5) is 10.2 Å². The highest BCUT2D eigenvalue weighted by Crippen LogP contribution is 2.37. The molecule has 3 rings (SSSR count). The zero-order valence-electron chi connectivity index (χ0n) is 9.32. The van der Waals surface area contributed by atoms with E-state index in [1.807, 2.05) is 0 Å². The lowest BCUT2D eigenvalue weighted by atomic mass is 10.1. The van der Waals surface area contributed by atoms with E-state index in [1.54, 1.807) is 12.1 Å². The molecule has 0 amide bonds. The van der Waals surface area contributed by atoms with Gasteiger partial charge in [0.1, 0.15) is 23.7 Å². The van der Waals surface area contributed by atoms with Crippen LogP contribution in [0.2, 0.25) is 0 Å². The predicted molar refractivity (Wildman–Crippen MR) is 61.3 cm³/mol. The number of nitrogens with zero attached hydrogens (tertiary/aromatic N) is 3. The lowest BCUT2D eigenvalue weighted by molar-refractivity contribution is 0.0858. The Bertz CT molecular complexity index is 627. The molecule has 2 aromatic rings. The molecule has 1 fully saturated rings. The average molecular weight is 250 g/mol. The first-order valence-corrected chi connectivity index (χ1v) is 5.35. The lowest BCUT2D eigenvalue weighted by Gasteiger charge is -2.12. The molecule has 3 atom stereocenters. The Kier molecular flexibility index (Phi) is 2.24. The number of hydrogen-bond acceptors (Lipinski definition) is 5. The van der Waals surface area contributed by atoms with E-state index in [0.29, 0.717) is 17.0 Å². The second-order valence-electron chi connectivity index (χ2n) is 4.09. The molecule has 18 heavy (non-hydrogen) atoms. The summed E-state index contributed by atoms with van der Waals surface area (Å²) in [6.45, 7) is 3.46. The van der Waals surface area contributed by atoms with Gasteiger partial charge in [-0.15, -0.1) is 0 Å². The first kappa shape index (κ1) is 11.0. The van der Waals surface area contributed by atoms with Crippen LogP contribution >= 0.6 is 0 Å². The van der Waals surface area contributed by atoms with Gasteiger partial charge in [0.15, 0.2) is 18.1 Å². The summed E-state index contributed by atoms with van der Waals surface area (Å²) < 4.78 is 20.6. The summed E-state index contributed by atoms with van der Waals surface area (Å²) >= 11 is 0. The highest BCUT2D eigenvalue weighted by Gasteiger charge is 2.42. The molecule has 1 saturated heterocycles. The van der Waals surface area contributed by atoms with Crippen molar-refractivity contribution in [3.8, 4) is 0 Å². The summed E-state index contributed by atoms with van der Waals surface area (Å²) in [6.07, 6.45) is -2.56. The number of aliphatic hydroxyl groups excluding tert-OH is 1. The largest absolute Gasteiger partial charge is 0.483 e. The third-order valence-electron chi connectivity index (χ3n) is 3.00. The van der Waals surface area contributed by atoms with E-state index in [1.165, 1.54) is 10.8 Å². The Balaban J connectivity index is 2.11. The summed E-state index contributed by atoms with van der Waals surface area (Å²) in [5, 5.41) is 13.5. The van der Waals surface area contributed by atoms with Crippen molar-refractivity contribution in [2.24, 2.45) is 0 Å². The van der Waals surface area contributed by atoms with Crippen LogP contribution < -0.4 is 5.73 Å². The lowest BCUT2D eigenvalue weighted by Crippen LogP contribution is -2.21. The van der Waals surface area contributed by atoms with Crippen LogP contribution in [0.25, 0.3) is 5.52 Å². The van der Waals surface area contributed by atoms with Crippen LogP contribution in [0.5, 0.6) is 0 Å². The quantitative estimate of drug-likeness (QED) is 0.773. The second-order valence-corrected chi connectivity index (χ2v) is 4.09. The summed E-state index contributed by atoms with van der Waals surface area (Å²) in [5.41, 5.74) is 6.71. The van der Waals surface area contributed by atoms with E-state index in [9.17, 15) is 9.50 Å². The van der Waals surface area contributed by atoms with Gasteiger partial charge in [0.2, 0.25) is 0 Å². The normalized spacial score (nSPS) is 27.7. The molecule has 0 aliphatic carbocycles. The van der Waals surface area contributed by atoms with Gasteiger partial charge in [0.05, 0.1) is 5.69 Å². The summed E-state index contributed by atoms with van der Waals surface area (Å²) in [6, 6.07) is 3.32. The number of anilines is 1. The standard InChI is InChI=1S/C11H11FN4O2/c1-5-9(17)8(12)10(18-5)6-2-3-7-11(13)14-4-15-16(6)7/h2-4,8-10,17H,1H2,(H2,13,14,15)/t8-,9-,10+/m1/s1. The number of rotatable bonds is 1. The minimum Gasteiger partial charge on any atom is -0.483 e. The highest BCUT2D eigenvalue weighted by molar-refractivity contribution is 5.65. The third-order valence-corrected chi connectivity index (χ3v) is 3.00. The van der Waals surface area contributed by atoms with E-state index in [0.717, 1.165) is 0 Å². The van der Waals surface area contributed by atoms with Crippen molar-refractivity contribution in [1.82, 2.24) is 14.6 Å². The molecular formula is C11H11FN4O2. The maximum absolute atomic E-state index is 13.9. The van der Waals surface area contributed by atoms with E-state index in [-0.39, 0.29) is 5.76 Å². The molecule has 0 spiro atoms. The molecule has 1 aliphatic heterocycles. The minimum atomic E-state index is -1.58. The van der Waals surface area contributed by atoms with Gasteiger partial charge >= 0.3 is 0 Å². The van der Waals surface area contributed by atoms with Gasteiger partial charge in [0.25, 0.3) is 0 Å². The molecule has 3 heterocycles. The van der Waals surface area contributed by atoms with Gasteiger partial charge in [0, 0.05) is 0 Å². The van der Waals surface area contributed by atoms with Gasteiger partial charge in [-0.1, -0.05) is 6.58 Å². The van der Waals surface area contributed by atoms with Crippen molar-refractivity contribution < 1.29 is 14.2 Å². The van der Waals surface area contributed by atoms with Crippen LogP contribution in [-0.4, -0.2) is 32.0 Å². The molecule has 94 valence electrons. The van der Waals surface area contributed by atoms with E-state index < -0.39 is 18.4 Å². The first-order valence-electron chi connectivity index (χ1n) is 5.35. The summed E-state index contributed by atoms with van der Waals surface area (Å²) in [5.74, 6) is 0.313. The molecule has 7 heteroatoms. The van der Waals surface area contributed by atoms with Crippen LogP contribution in [0.15, 0.2) is 30.8 Å². The van der Waals surface area contributed by atoms with Crippen LogP contribution in [-0.2, 0) is 4.74 Å². The van der Waals surface area contributed by atoms with E-state index in [4.69, 9.17) is 10.5 Å². The SMILES string of the molecule is C=C1O[C@@H](c2ccc3c(N)ncnn23)[C@H](F)[C@@H]1O. The Morgan fingerprint density at radius 3 is 2.94 bits per heavy atom. The van der Waals surface area contributed by atoms with E-state index >= 15 is 0 Å². The topological polar surface area (TPSA) is 85.7 Å². The Labute approximate surface area is 101 Å². The molecule has 0 radical (unpaired) electrons. The van der Waals surface area contributed by atoms with Crippen molar-refractivity contribution in [2.45, 2.75) is 18.4 Å². The molecule has 1 aliphatic rings. The first-order chi connectivity index (χ1) is 8.59. The average Bonchev–Trinajstić information content (AvgIpc) is 2.88. The molecule has 2 aromatic heterocycles. The fraction of sp³-hybridized carbons (Fsp3) is 0.273. The van der Waals surface area contributed by atoms with Crippen LogP contribution in [0.3, 0.4) is 0 Å². The predicted octanol–water partition coefficient (Wildman–Crippen LogP) is 0.595. The van der Waals surface area contributed by atoms with Gasteiger partial charge in [-0.3, -0.25) is 0 Å². The van der Waals surface area contributed by atoms with Crippen molar-refractivity contribution in [2.75, 3.05) is 5.73 Å². The fourth-order valence-electron chi connectivity index (χ4n) is 2.05. The molecule has 0 unspecified atom stereocenters.